The molecule has 2 amide bonds. The van der Waals surface area contributed by atoms with Crippen molar-refractivity contribution < 1.29 is 19.5 Å². The molecule has 0 aliphatic rings. The van der Waals surface area contributed by atoms with Crippen molar-refractivity contribution in [1.82, 2.24) is 5.32 Å². The Balaban J connectivity index is 2.62. The highest BCUT2D eigenvalue weighted by molar-refractivity contribution is 5.97. The summed E-state index contributed by atoms with van der Waals surface area (Å²) in [6.45, 7) is 1.38. The number of nitrogens with one attached hydrogen (secondary N) is 2. The molecule has 1 aromatic rings. The van der Waals surface area contributed by atoms with Crippen molar-refractivity contribution in [3.05, 3.63) is 29.8 Å². The topological polar surface area (TPSA) is 119 Å². The molecule has 0 fully saturated rings. The van der Waals surface area contributed by atoms with E-state index in [0.717, 1.165) is 0 Å². The van der Waals surface area contributed by atoms with Crippen LogP contribution in [0.15, 0.2) is 24.3 Å². The first-order valence-corrected chi connectivity index (χ1v) is 7.22. The highest BCUT2D eigenvalue weighted by Gasteiger charge is 2.20. The summed E-state index contributed by atoms with van der Waals surface area (Å²) < 4.78 is 0. The van der Waals surface area contributed by atoms with Crippen molar-refractivity contribution in [2.45, 2.75) is 38.6 Å². The highest BCUT2D eigenvalue weighted by atomic mass is 16.4. The molecule has 1 aromatic carbocycles. The predicted octanol–water partition coefficient (Wildman–Crippen LogP) is 1.91. The molecule has 7 nitrogen and oxygen atoms in total. The van der Waals surface area contributed by atoms with E-state index >= 15 is 0 Å². The second kappa shape index (κ2) is 9.20. The molecule has 0 saturated carbocycles. The Hall–Kier alpha value is -2.88. The van der Waals surface area contributed by atoms with Gasteiger partial charge in [0, 0.05) is 24.6 Å². The molecule has 0 spiro atoms. The smallest absolute Gasteiger partial charge is 0.326 e. The van der Waals surface area contributed by atoms with Gasteiger partial charge in [0.25, 0.3) is 5.91 Å². The summed E-state index contributed by atoms with van der Waals surface area (Å²) in [6.07, 6.45) is 1.78. The largest absolute Gasteiger partial charge is 0.480 e. The quantitative estimate of drug-likeness (QED) is 0.633. The zero-order valence-corrected chi connectivity index (χ0v) is 12.8. The minimum atomic E-state index is -1.11. The van der Waals surface area contributed by atoms with Crippen LogP contribution in [-0.2, 0) is 9.59 Å². The maximum Gasteiger partial charge on any atom is 0.326 e. The van der Waals surface area contributed by atoms with Gasteiger partial charge in [-0.15, -0.1) is 0 Å². The Morgan fingerprint density at radius 2 is 1.87 bits per heavy atom. The Bertz CT molecular complexity index is 605. The summed E-state index contributed by atoms with van der Waals surface area (Å²) in [4.78, 5) is 34.2. The maximum absolute atomic E-state index is 12.1. The van der Waals surface area contributed by atoms with Gasteiger partial charge < -0.3 is 15.7 Å². The van der Waals surface area contributed by atoms with Crippen LogP contribution < -0.4 is 10.6 Å². The molecule has 0 unspecified atom stereocenters. The van der Waals surface area contributed by atoms with Crippen LogP contribution in [0.1, 0.15) is 43.0 Å². The number of nitrogens with zero attached hydrogens (tertiary/aromatic N) is 1. The van der Waals surface area contributed by atoms with Crippen molar-refractivity contribution in [1.29, 1.82) is 5.26 Å². The molecule has 1 atom stereocenters. The highest BCUT2D eigenvalue weighted by Crippen LogP contribution is 2.10. The molecule has 1 rings (SSSR count). The summed E-state index contributed by atoms with van der Waals surface area (Å²) in [6, 6.07) is 7.16. The van der Waals surface area contributed by atoms with Crippen LogP contribution in [0.25, 0.3) is 0 Å². The minimum Gasteiger partial charge on any atom is -0.480 e. The first kappa shape index (κ1) is 18.2. The Labute approximate surface area is 134 Å². The van der Waals surface area contributed by atoms with Crippen molar-refractivity contribution >= 4 is 23.5 Å². The number of hydrogen-bond donors (Lipinski definition) is 3. The van der Waals surface area contributed by atoms with Crippen LogP contribution in [0.4, 0.5) is 5.69 Å². The van der Waals surface area contributed by atoms with Gasteiger partial charge in [-0.2, -0.15) is 5.26 Å². The van der Waals surface area contributed by atoms with E-state index in [0.29, 0.717) is 30.5 Å². The number of aliphatic carboxylic acids is 1. The summed E-state index contributed by atoms with van der Waals surface area (Å²) in [5, 5.41) is 22.6. The minimum absolute atomic E-state index is 0.217. The summed E-state index contributed by atoms with van der Waals surface area (Å²) in [5.74, 6) is -1.82. The number of hydrogen-bond acceptors (Lipinski definition) is 4. The van der Waals surface area contributed by atoms with Crippen LogP contribution in [0, 0.1) is 11.3 Å². The van der Waals surface area contributed by atoms with Gasteiger partial charge in [0.05, 0.1) is 6.07 Å². The van der Waals surface area contributed by atoms with E-state index < -0.39 is 17.9 Å². The number of carboxylic acids is 1. The SMILES string of the molecule is CC(=O)Nc1ccc(C(=O)N[C@@H](CCCCC#N)C(=O)O)cc1. The van der Waals surface area contributed by atoms with E-state index in [9.17, 15) is 14.4 Å². The average Bonchev–Trinajstić information content (AvgIpc) is 2.50. The fourth-order valence-corrected chi connectivity index (χ4v) is 1.96. The molecule has 7 heteroatoms. The van der Waals surface area contributed by atoms with Crippen molar-refractivity contribution in [3.8, 4) is 6.07 Å². The molecule has 0 bridgehead atoms. The number of anilines is 1. The van der Waals surface area contributed by atoms with Gasteiger partial charge in [-0.25, -0.2) is 4.79 Å². The van der Waals surface area contributed by atoms with Gasteiger partial charge >= 0.3 is 5.97 Å². The fourth-order valence-electron chi connectivity index (χ4n) is 1.96. The summed E-state index contributed by atoms with van der Waals surface area (Å²) in [7, 11) is 0. The lowest BCUT2D eigenvalue weighted by Gasteiger charge is -2.14. The van der Waals surface area contributed by atoms with E-state index in [1.807, 2.05) is 6.07 Å². The number of unbranched alkanes of at least 4 members (excludes halogenated alkanes) is 2. The van der Waals surface area contributed by atoms with E-state index in [2.05, 4.69) is 10.6 Å². The molecule has 3 N–H and O–H groups in total. The second-order valence-corrected chi connectivity index (χ2v) is 5.03. The number of benzene rings is 1. The molecule has 122 valence electrons. The molecule has 0 radical (unpaired) electrons. The van der Waals surface area contributed by atoms with E-state index in [4.69, 9.17) is 10.4 Å². The van der Waals surface area contributed by atoms with Gasteiger partial charge in [-0.05, 0) is 43.5 Å². The average molecular weight is 317 g/mol. The summed E-state index contributed by atoms with van der Waals surface area (Å²) in [5.41, 5.74) is 0.864. The number of carbonyl (C=O) groups is 3. The monoisotopic (exact) mass is 317 g/mol. The van der Waals surface area contributed by atoms with Gasteiger partial charge in [0.15, 0.2) is 0 Å². The number of amides is 2. The zero-order chi connectivity index (χ0) is 17.2. The third kappa shape index (κ3) is 6.61. The van der Waals surface area contributed by atoms with E-state index in [1.165, 1.54) is 19.1 Å². The van der Waals surface area contributed by atoms with E-state index in [1.54, 1.807) is 12.1 Å². The van der Waals surface area contributed by atoms with Gasteiger partial charge in [-0.1, -0.05) is 0 Å². The number of nitriles is 1. The fraction of sp³-hybridized carbons (Fsp3) is 0.375. The molecule has 0 aliphatic carbocycles. The number of rotatable bonds is 8. The predicted molar refractivity (Wildman–Crippen MR) is 83.7 cm³/mol. The maximum atomic E-state index is 12.1. The third-order valence-electron chi connectivity index (χ3n) is 3.10. The lowest BCUT2D eigenvalue weighted by atomic mass is 10.1. The Kier molecular flexibility index (Phi) is 7.27. The van der Waals surface area contributed by atoms with Crippen molar-refractivity contribution in [3.63, 3.8) is 0 Å². The molecule has 0 saturated heterocycles. The first-order chi connectivity index (χ1) is 10.9. The second-order valence-electron chi connectivity index (χ2n) is 5.03. The lowest BCUT2D eigenvalue weighted by Crippen LogP contribution is -2.40. The van der Waals surface area contributed by atoms with Crippen LogP contribution >= 0.6 is 0 Å². The molecular weight excluding hydrogens is 298 g/mol. The first-order valence-electron chi connectivity index (χ1n) is 7.22. The van der Waals surface area contributed by atoms with Crippen LogP contribution in [0.3, 0.4) is 0 Å². The molecule has 0 aliphatic heterocycles. The number of carbonyl (C=O) groups excluding carboxylic acids is 2. The van der Waals surface area contributed by atoms with Crippen LogP contribution in [0.5, 0.6) is 0 Å². The molecule has 23 heavy (non-hydrogen) atoms. The number of carboxylic acid groups (broad SMARTS) is 1. The Morgan fingerprint density at radius 3 is 2.39 bits per heavy atom. The lowest BCUT2D eigenvalue weighted by molar-refractivity contribution is -0.139. The van der Waals surface area contributed by atoms with Gasteiger partial charge in [0.2, 0.25) is 5.91 Å². The summed E-state index contributed by atoms with van der Waals surface area (Å²) >= 11 is 0. The third-order valence-corrected chi connectivity index (χ3v) is 3.10. The Morgan fingerprint density at radius 1 is 1.22 bits per heavy atom. The molecule has 0 aromatic heterocycles. The molecular formula is C16H19N3O4. The standard InChI is InChI=1S/C16H19N3O4/c1-11(20)18-13-8-6-12(7-9-13)15(21)19-14(16(22)23)5-3-2-4-10-17/h6-9,14H,2-5H2,1H3,(H,18,20)(H,19,21)(H,22,23)/t14-/m0/s1. The molecule has 0 heterocycles. The normalized spacial score (nSPS) is 11.1. The van der Waals surface area contributed by atoms with Crippen LogP contribution in [-0.4, -0.2) is 28.9 Å². The van der Waals surface area contributed by atoms with E-state index in [-0.39, 0.29) is 12.3 Å². The zero-order valence-electron chi connectivity index (χ0n) is 12.8. The van der Waals surface area contributed by atoms with Crippen molar-refractivity contribution in [2.24, 2.45) is 0 Å². The van der Waals surface area contributed by atoms with Gasteiger partial charge in [0.1, 0.15) is 6.04 Å². The van der Waals surface area contributed by atoms with Crippen LogP contribution in [0.2, 0.25) is 0 Å². The van der Waals surface area contributed by atoms with Gasteiger partial charge in [-0.3, -0.25) is 9.59 Å². The van der Waals surface area contributed by atoms with Crippen molar-refractivity contribution in [2.75, 3.05) is 5.32 Å².